The topological polar surface area (TPSA) is 35.5 Å². The predicted molar refractivity (Wildman–Crippen MR) is 82.7 cm³/mol. The van der Waals surface area contributed by atoms with Gasteiger partial charge >= 0.3 is 5.97 Å². The highest BCUT2D eigenvalue weighted by Gasteiger charge is 2.40. The quantitative estimate of drug-likeness (QED) is 0.306. The molecule has 0 saturated heterocycles. The largest absolute Gasteiger partial charge is 0.466 e. The number of ether oxygens (including phenoxy) is 1. The van der Waals surface area contributed by atoms with E-state index in [0.29, 0.717) is 12.0 Å². The molecular weight excluding hydrogens is 256 g/mol. The Labute approximate surface area is 118 Å². The fourth-order valence-corrected chi connectivity index (χ4v) is 2.69. The molecule has 0 saturated carbocycles. The second-order valence-corrected chi connectivity index (χ2v) is 11.0. The molecule has 0 amide bonds. The summed E-state index contributed by atoms with van der Waals surface area (Å²) in [5.41, 5.74) is 0.397. The maximum Gasteiger partial charge on any atom is 0.335 e. The average Bonchev–Trinajstić information content (AvgIpc) is 2.30. The van der Waals surface area contributed by atoms with Crippen molar-refractivity contribution in [1.82, 2.24) is 0 Å². The minimum atomic E-state index is -1.94. The molecule has 0 aromatic heterocycles. The molecule has 0 bridgehead atoms. The number of carbonyl (C=O) groups is 1. The summed E-state index contributed by atoms with van der Waals surface area (Å²) >= 11 is 0. The van der Waals surface area contributed by atoms with E-state index in [-0.39, 0.29) is 11.1 Å². The number of hydrogen-bond donors (Lipinski definition) is 0. The van der Waals surface area contributed by atoms with Gasteiger partial charge in [-0.15, -0.1) is 6.58 Å². The van der Waals surface area contributed by atoms with Gasteiger partial charge in [0.1, 0.15) is 0 Å². The van der Waals surface area contributed by atoms with Crippen LogP contribution in [0.15, 0.2) is 24.8 Å². The third-order valence-corrected chi connectivity index (χ3v) is 8.20. The first kappa shape index (κ1) is 18.1. The Kier molecular flexibility index (Phi) is 6.73. The van der Waals surface area contributed by atoms with E-state index >= 15 is 0 Å². The maximum absolute atomic E-state index is 11.6. The summed E-state index contributed by atoms with van der Waals surface area (Å²) in [6.45, 7) is 18.4. The summed E-state index contributed by atoms with van der Waals surface area (Å²) in [6, 6.07) is 0. The number of esters is 1. The zero-order valence-corrected chi connectivity index (χ0v) is 14.2. The van der Waals surface area contributed by atoms with Gasteiger partial charge in [0.25, 0.3) is 0 Å². The van der Waals surface area contributed by atoms with Crippen LogP contribution in [0.5, 0.6) is 0 Å². The number of carbonyl (C=O) groups excluding carboxylic acids is 1. The first-order valence-corrected chi connectivity index (χ1v) is 9.53. The summed E-state index contributed by atoms with van der Waals surface area (Å²) in [5.74, 6) is -0.396. The van der Waals surface area contributed by atoms with Crippen molar-refractivity contribution in [2.24, 2.45) is 0 Å². The highest BCUT2D eigenvalue weighted by atomic mass is 28.4. The fraction of sp³-hybridized carbons (Fsp3) is 0.667. The second kappa shape index (κ2) is 7.06. The molecule has 0 spiro atoms. The van der Waals surface area contributed by atoms with Gasteiger partial charge < -0.3 is 9.16 Å². The third kappa shape index (κ3) is 5.33. The third-order valence-electron chi connectivity index (χ3n) is 3.71. The molecule has 4 heteroatoms. The second-order valence-electron chi connectivity index (χ2n) is 6.25. The molecule has 0 aliphatic rings. The number of allylic oxidation sites excluding steroid dienone is 1. The Bertz CT molecular complexity index is 340. The molecule has 0 N–H and O–H groups in total. The van der Waals surface area contributed by atoms with Crippen LogP contribution >= 0.6 is 0 Å². The maximum atomic E-state index is 11.6. The number of rotatable bonds is 7. The van der Waals surface area contributed by atoms with Crippen LogP contribution in [-0.4, -0.2) is 27.5 Å². The van der Waals surface area contributed by atoms with Crippen molar-refractivity contribution < 1.29 is 14.0 Å². The lowest BCUT2D eigenvalue weighted by Gasteiger charge is -2.39. The van der Waals surface area contributed by atoms with Gasteiger partial charge in [-0.05, 0) is 31.0 Å². The van der Waals surface area contributed by atoms with Gasteiger partial charge in [0, 0.05) is 0 Å². The van der Waals surface area contributed by atoms with Crippen LogP contribution in [0, 0.1) is 0 Å². The summed E-state index contributed by atoms with van der Waals surface area (Å²) in [7, 11) is -0.577. The van der Waals surface area contributed by atoms with E-state index in [0.717, 1.165) is 6.42 Å². The molecular formula is C15H28O3Si. The molecule has 0 heterocycles. The summed E-state index contributed by atoms with van der Waals surface area (Å²) in [4.78, 5) is 11.6. The van der Waals surface area contributed by atoms with Crippen LogP contribution in [0.1, 0.15) is 33.6 Å². The van der Waals surface area contributed by atoms with Crippen molar-refractivity contribution >= 4 is 14.3 Å². The first-order valence-electron chi connectivity index (χ1n) is 6.62. The van der Waals surface area contributed by atoms with E-state index in [9.17, 15) is 4.79 Å². The Morgan fingerprint density at radius 1 is 1.37 bits per heavy atom. The molecule has 0 aliphatic carbocycles. The Morgan fingerprint density at radius 2 is 1.89 bits per heavy atom. The molecule has 1 unspecified atom stereocenters. The van der Waals surface area contributed by atoms with Gasteiger partial charge in [-0.1, -0.05) is 33.4 Å². The molecule has 110 valence electrons. The van der Waals surface area contributed by atoms with Crippen molar-refractivity contribution in [3.8, 4) is 0 Å². The average molecular weight is 284 g/mol. The minimum absolute atomic E-state index is 0.0931. The van der Waals surface area contributed by atoms with Crippen LogP contribution in [0.25, 0.3) is 0 Å². The van der Waals surface area contributed by atoms with E-state index < -0.39 is 14.3 Å². The molecule has 0 aromatic carbocycles. The number of hydrogen-bond acceptors (Lipinski definition) is 3. The highest BCUT2D eigenvalue weighted by Crippen LogP contribution is 2.38. The van der Waals surface area contributed by atoms with E-state index in [4.69, 9.17) is 9.16 Å². The summed E-state index contributed by atoms with van der Waals surface area (Å²) in [5, 5.41) is 0.0931. The van der Waals surface area contributed by atoms with Crippen LogP contribution in [0.3, 0.4) is 0 Å². The summed E-state index contributed by atoms with van der Waals surface area (Å²) in [6.07, 6.45) is 3.04. The van der Waals surface area contributed by atoms with Crippen molar-refractivity contribution in [3.05, 3.63) is 24.8 Å². The summed E-state index contributed by atoms with van der Waals surface area (Å²) < 4.78 is 11.0. The van der Waals surface area contributed by atoms with Crippen molar-refractivity contribution in [2.75, 3.05) is 7.11 Å². The van der Waals surface area contributed by atoms with Gasteiger partial charge in [0.15, 0.2) is 8.32 Å². The SMILES string of the molecule is C=CCCC(O[Si](C)(C)C(C)(C)C)C(=C)C(=O)OC. The lowest BCUT2D eigenvalue weighted by molar-refractivity contribution is -0.137. The smallest absolute Gasteiger partial charge is 0.335 e. The van der Waals surface area contributed by atoms with E-state index in [2.05, 4.69) is 47.0 Å². The molecule has 0 aromatic rings. The molecule has 3 nitrogen and oxygen atoms in total. The van der Waals surface area contributed by atoms with Gasteiger partial charge in [-0.2, -0.15) is 0 Å². The van der Waals surface area contributed by atoms with Crippen LogP contribution < -0.4 is 0 Å². The van der Waals surface area contributed by atoms with Gasteiger partial charge in [-0.3, -0.25) is 0 Å². The standard InChI is InChI=1S/C15H28O3Si/c1-9-10-11-13(12(2)14(16)17-6)18-19(7,8)15(3,4)5/h9,13H,1-2,10-11H2,3-8H3. The number of methoxy groups -OCH3 is 1. The fourth-order valence-electron chi connectivity index (χ4n) is 1.37. The van der Waals surface area contributed by atoms with Crippen LogP contribution in [0.2, 0.25) is 18.1 Å². The Balaban J connectivity index is 5.02. The monoisotopic (exact) mass is 284 g/mol. The van der Waals surface area contributed by atoms with Gasteiger partial charge in [0.05, 0.1) is 18.8 Å². The molecule has 19 heavy (non-hydrogen) atoms. The van der Waals surface area contributed by atoms with Crippen LogP contribution in [-0.2, 0) is 14.0 Å². The minimum Gasteiger partial charge on any atom is -0.466 e. The van der Waals surface area contributed by atoms with E-state index in [1.807, 2.05) is 6.08 Å². The van der Waals surface area contributed by atoms with Crippen LogP contribution in [0.4, 0.5) is 0 Å². The zero-order valence-electron chi connectivity index (χ0n) is 13.2. The van der Waals surface area contributed by atoms with E-state index in [1.54, 1.807) is 0 Å². The predicted octanol–water partition coefficient (Wildman–Crippen LogP) is 4.07. The van der Waals surface area contributed by atoms with Crippen molar-refractivity contribution in [1.29, 1.82) is 0 Å². The van der Waals surface area contributed by atoms with Crippen molar-refractivity contribution in [3.63, 3.8) is 0 Å². The lowest BCUT2D eigenvalue weighted by atomic mass is 10.1. The molecule has 0 rings (SSSR count). The highest BCUT2D eigenvalue weighted by molar-refractivity contribution is 6.74. The Morgan fingerprint density at radius 3 is 2.26 bits per heavy atom. The molecule has 1 atom stereocenters. The lowest BCUT2D eigenvalue weighted by Crippen LogP contribution is -2.45. The van der Waals surface area contributed by atoms with E-state index in [1.165, 1.54) is 7.11 Å². The molecule has 0 aliphatic heterocycles. The van der Waals surface area contributed by atoms with Gasteiger partial charge in [0.2, 0.25) is 0 Å². The normalized spacial score (nSPS) is 13.8. The molecule has 0 fully saturated rings. The Hall–Kier alpha value is -0.873. The molecule has 0 radical (unpaired) electrons. The van der Waals surface area contributed by atoms with Crippen molar-refractivity contribution in [2.45, 2.75) is 57.8 Å². The zero-order chi connectivity index (χ0) is 15.3. The van der Waals surface area contributed by atoms with Gasteiger partial charge in [-0.25, -0.2) is 4.79 Å². The first-order chi connectivity index (χ1) is 8.56.